The number of carboxylic acid groups (broad SMARTS) is 1. The number of aliphatic hydroxyl groups is 2. The molecule has 1 aromatic rings. The van der Waals surface area contributed by atoms with Crippen LogP contribution in [0.4, 0.5) is 0 Å². The average Bonchev–Trinajstić information content (AvgIpc) is 2.28. The molecule has 2 atom stereocenters. The van der Waals surface area contributed by atoms with Crippen LogP contribution < -0.4 is 5.32 Å². The molecule has 0 amide bonds. The number of hydrogen-bond donors (Lipinski definition) is 4. The Morgan fingerprint density at radius 3 is 2.56 bits per heavy atom. The van der Waals surface area contributed by atoms with Crippen LogP contribution in [-0.2, 0) is 11.3 Å². The van der Waals surface area contributed by atoms with Gasteiger partial charge in [0, 0.05) is 6.54 Å². The van der Waals surface area contributed by atoms with E-state index in [9.17, 15) is 15.0 Å². The highest BCUT2D eigenvalue weighted by Crippen LogP contribution is 2.21. The molecule has 0 saturated carbocycles. The third-order valence-electron chi connectivity index (χ3n) is 2.29. The van der Waals surface area contributed by atoms with Crippen molar-refractivity contribution in [3.63, 3.8) is 0 Å². The molecule has 0 heterocycles. The maximum Gasteiger partial charge on any atom is 0.335 e. The molecule has 0 bridgehead atoms. The fourth-order valence-electron chi connectivity index (χ4n) is 1.48. The number of benzene rings is 1. The summed E-state index contributed by atoms with van der Waals surface area (Å²) in [5, 5.41) is 30.5. The number of carbonyl (C=O) groups is 1. The third kappa shape index (κ3) is 2.79. The molecule has 0 saturated heterocycles. The van der Waals surface area contributed by atoms with Crippen LogP contribution in [0, 0.1) is 0 Å². The zero-order valence-electron chi connectivity index (χ0n) is 8.92. The summed E-state index contributed by atoms with van der Waals surface area (Å²) < 4.78 is 0. The number of nitrogens with one attached hydrogen (secondary N) is 1. The van der Waals surface area contributed by atoms with Crippen molar-refractivity contribution in [2.45, 2.75) is 18.8 Å². The van der Waals surface area contributed by atoms with Crippen molar-refractivity contribution in [3.8, 4) is 0 Å². The van der Waals surface area contributed by atoms with Gasteiger partial charge >= 0.3 is 5.97 Å². The summed E-state index contributed by atoms with van der Waals surface area (Å²) in [6.07, 6.45) is -3.22. The molecule has 4 N–H and O–H groups in total. The first kappa shape index (κ1) is 12.6. The van der Waals surface area contributed by atoms with Gasteiger partial charge in [0.25, 0.3) is 0 Å². The van der Waals surface area contributed by atoms with Crippen LogP contribution in [0.15, 0.2) is 24.3 Å². The highest BCUT2D eigenvalue weighted by molar-refractivity contribution is 5.73. The molecule has 0 fully saturated rings. The van der Waals surface area contributed by atoms with Gasteiger partial charge in [0.05, 0.1) is 0 Å². The molecule has 0 spiro atoms. The van der Waals surface area contributed by atoms with Crippen LogP contribution >= 0.6 is 0 Å². The van der Waals surface area contributed by atoms with E-state index in [4.69, 9.17) is 5.11 Å². The zero-order valence-corrected chi connectivity index (χ0v) is 8.92. The summed E-state index contributed by atoms with van der Waals surface area (Å²) in [5.41, 5.74) is 1.18. The minimum atomic E-state index is -1.81. The number of hydrogen-bond acceptors (Lipinski definition) is 4. The first-order chi connectivity index (χ1) is 7.57. The number of aliphatic carboxylic acids is 1. The van der Waals surface area contributed by atoms with E-state index in [2.05, 4.69) is 5.32 Å². The normalized spacial score (nSPS) is 14.4. The van der Waals surface area contributed by atoms with E-state index in [0.717, 1.165) is 5.56 Å². The monoisotopic (exact) mass is 225 g/mol. The maximum absolute atomic E-state index is 10.6. The molecule has 16 heavy (non-hydrogen) atoms. The Hall–Kier alpha value is -1.43. The number of rotatable bonds is 5. The Kier molecular flexibility index (Phi) is 4.42. The van der Waals surface area contributed by atoms with Crippen LogP contribution in [-0.4, -0.2) is 34.4 Å². The van der Waals surface area contributed by atoms with Crippen molar-refractivity contribution in [1.82, 2.24) is 5.32 Å². The lowest BCUT2D eigenvalue weighted by Gasteiger charge is -2.17. The highest BCUT2D eigenvalue weighted by atomic mass is 16.4. The Morgan fingerprint density at radius 1 is 1.38 bits per heavy atom. The molecule has 1 aromatic carbocycles. The molecule has 0 radical (unpaired) electrons. The molecule has 88 valence electrons. The van der Waals surface area contributed by atoms with Crippen LogP contribution in [0.25, 0.3) is 0 Å². The predicted octanol–water partition coefficient (Wildman–Crippen LogP) is -0.115. The van der Waals surface area contributed by atoms with Crippen molar-refractivity contribution in [2.24, 2.45) is 0 Å². The smallest absolute Gasteiger partial charge is 0.335 e. The summed E-state index contributed by atoms with van der Waals surface area (Å²) in [6, 6.07) is 6.84. The molecular formula is C11H15NO4. The summed E-state index contributed by atoms with van der Waals surface area (Å²) >= 11 is 0. The van der Waals surface area contributed by atoms with Crippen LogP contribution in [0.1, 0.15) is 17.2 Å². The van der Waals surface area contributed by atoms with Gasteiger partial charge in [-0.05, 0) is 18.2 Å². The minimum Gasteiger partial charge on any atom is -0.479 e. The molecule has 5 heteroatoms. The minimum absolute atomic E-state index is 0.423. The van der Waals surface area contributed by atoms with Gasteiger partial charge in [0.15, 0.2) is 6.10 Å². The third-order valence-corrected chi connectivity index (χ3v) is 2.29. The van der Waals surface area contributed by atoms with Crippen molar-refractivity contribution in [3.05, 3.63) is 35.4 Å². The fraction of sp³-hybridized carbons (Fsp3) is 0.364. The topological polar surface area (TPSA) is 89.8 Å². The summed E-state index contributed by atoms with van der Waals surface area (Å²) in [7, 11) is 1.75. The van der Waals surface area contributed by atoms with Crippen molar-refractivity contribution >= 4 is 5.97 Å². The van der Waals surface area contributed by atoms with E-state index in [1.165, 1.54) is 0 Å². The molecule has 0 aliphatic heterocycles. The van der Waals surface area contributed by atoms with Gasteiger partial charge in [-0.25, -0.2) is 4.79 Å². The number of aliphatic hydroxyl groups excluding tert-OH is 2. The SMILES string of the molecule is CNCc1ccccc1C(O)C(O)C(=O)O. The zero-order chi connectivity index (χ0) is 12.1. The van der Waals surface area contributed by atoms with Crippen molar-refractivity contribution < 1.29 is 20.1 Å². The van der Waals surface area contributed by atoms with E-state index in [1.54, 1.807) is 31.3 Å². The quantitative estimate of drug-likeness (QED) is 0.561. The molecule has 5 nitrogen and oxygen atoms in total. The van der Waals surface area contributed by atoms with Crippen LogP contribution in [0.3, 0.4) is 0 Å². The first-order valence-corrected chi connectivity index (χ1v) is 4.89. The van der Waals surface area contributed by atoms with Gasteiger partial charge in [-0.2, -0.15) is 0 Å². The van der Waals surface area contributed by atoms with Crippen LogP contribution in [0.2, 0.25) is 0 Å². The largest absolute Gasteiger partial charge is 0.479 e. The second-order valence-corrected chi connectivity index (χ2v) is 3.46. The van der Waals surface area contributed by atoms with Gasteiger partial charge in [-0.15, -0.1) is 0 Å². The molecular weight excluding hydrogens is 210 g/mol. The Labute approximate surface area is 93.4 Å². The molecule has 0 aromatic heterocycles. The lowest BCUT2D eigenvalue weighted by Crippen LogP contribution is -2.28. The van der Waals surface area contributed by atoms with E-state index in [-0.39, 0.29) is 0 Å². The summed E-state index contributed by atoms with van der Waals surface area (Å²) in [5.74, 6) is -1.44. The Bertz CT molecular complexity index is 367. The van der Waals surface area contributed by atoms with Gasteiger partial charge in [-0.1, -0.05) is 24.3 Å². The van der Waals surface area contributed by atoms with Gasteiger partial charge in [-0.3, -0.25) is 0 Å². The van der Waals surface area contributed by atoms with Crippen molar-refractivity contribution in [1.29, 1.82) is 0 Å². The van der Waals surface area contributed by atoms with Gasteiger partial charge in [0.1, 0.15) is 6.10 Å². The van der Waals surface area contributed by atoms with Crippen molar-refractivity contribution in [2.75, 3.05) is 7.05 Å². The molecule has 1 rings (SSSR count). The predicted molar refractivity (Wildman–Crippen MR) is 57.8 cm³/mol. The maximum atomic E-state index is 10.6. The molecule has 2 unspecified atom stereocenters. The summed E-state index contributed by atoms with van der Waals surface area (Å²) in [4.78, 5) is 10.6. The molecule has 0 aliphatic carbocycles. The van der Waals surface area contributed by atoms with E-state index < -0.39 is 18.2 Å². The second kappa shape index (κ2) is 5.60. The van der Waals surface area contributed by atoms with E-state index in [0.29, 0.717) is 12.1 Å². The summed E-state index contributed by atoms with van der Waals surface area (Å²) in [6.45, 7) is 0.500. The molecule has 0 aliphatic rings. The lowest BCUT2D eigenvalue weighted by atomic mass is 9.98. The first-order valence-electron chi connectivity index (χ1n) is 4.89. The van der Waals surface area contributed by atoms with E-state index in [1.807, 2.05) is 0 Å². The number of carboxylic acids is 1. The van der Waals surface area contributed by atoms with Gasteiger partial charge in [0.2, 0.25) is 0 Å². The highest BCUT2D eigenvalue weighted by Gasteiger charge is 2.26. The van der Waals surface area contributed by atoms with Gasteiger partial charge < -0.3 is 20.6 Å². The lowest BCUT2D eigenvalue weighted by molar-refractivity contribution is -0.153. The second-order valence-electron chi connectivity index (χ2n) is 3.46. The van der Waals surface area contributed by atoms with E-state index >= 15 is 0 Å². The standard InChI is InChI=1S/C11H15NO4/c1-12-6-7-4-2-3-5-8(7)9(13)10(14)11(15)16/h2-5,9-10,12-14H,6H2,1H3,(H,15,16). The Balaban J connectivity index is 2.97. The van der Waals surface area contributed by atoms with Crippen LogP contribution in [0.5, 0.6) is 0 Å². The average molecular weight is 225 g/mol. The Morgan fingerprint density at radius 2 is 2.00 bits per heavy atom. The fourth-order valence-corrected chi connectivity index (χ4v) is 1.48.